The summed E-state index contributed by atoms with van der Waals surface area (Å²) < 4.78 is 3.48. The number of nitrogens with one attached hydrogen (secondary N) is 1. The highest BCUT2D eigenvalue weighted by Gasteiger charge is 2.32. The summed E-state index contributed by atoms with van der Waals surface area (Å²) in [6, 6.07) is 4.50. The Bertz CT molecular complexity index is 1060. The van der Waals surface area contributed by atoms with Crippen LogP contribution in [0.5, 0.6) is 0 Å². The van der Waals surface area contributed by atoms with Crippen LogP contribution in [0.25, 0.3) is 5.65 Å². The van der Waals surface area contributed by atoms with Gasteiger partial charge in [-0.15, -0.1) is 0 Å². The summed E-state index contributed by atoms with van der Waals surface area (Å²) in [6.45, 7) is 3.03. The van der Waals surface area contributed by atoms with Gasteiger partial charge in [0.25, 0.3) is 0 Å². The van der Waals surface area contributed by atoms with Gasteiger partial charge in [0, 0.05) is 24.9 Å². The molecule has 2 atom stereocenters. The summed E-state index contributed by atoms with van der Waals surface area (Å²) in [5.41, 5.74) is 14.4. The van der Waals surface area contributed by atoms with E-state index in [0.29, 0.717) is 47.2 Å². The van der Waals surface area contributed by atoms with E-state index < -0.39 is 0 Å². The number of aromatic nitrogens is 5. The van der Waals surface area contributed by atoms with E-state index in [2.05, 4.69) is 31.2 Å². The summed E-state index contributed by atoms with van der Waals surface area (Å²) in [5, 5.41) is 21.9. The lowest BCUT2D eigenvalue weighted by atomic mass is 9.79. The van der Waals surface area contributed by atoms with Crippen molar-refractivity contribution in [2.24, 2.45) is 11.7 Å². The second-order valence-corrected chi connectivity index (χ2v) is 7.43. The van der Waals surface area contributed by atoms with Gasteiger partial charge in [0.15, 0.2) is 5.65 Å². The Labute approximate surface area is 167 Å². The molecule has 1 saturated carbocycles. The Kier molecular flexibility index (Phi) is 4.83. The molecule has 5 N–H and O–H groups in total. The Morgan fingerprint density at radius 2 is 2.25 bits per heavy atom. The first-order valence-electron chi connectivity index (χ1n) is 9.25. The van der Waals surface area contributed by atoms with Crippen molar-refractivity contribution in [2.75, 3.05) is 24.1 Å². The van der Waals surface area contributed by atoms with Crippen molar-refractivity contribution >= 4 is 28.9 Å². The zero-order valence-corrected chi connectivity index (χ0v) is 16.3. The van der Waals surface area contributed by atoms with Crippen molar-refractivity contribution in [1.29, 1.82) is 5.26 Å². The average Bonchev–Trinajstić information content (AvgIpc) is 3.21. The van der Waals surface area contributed by atoms with Crippen molar-refractivity contribution in [2.45, 2.75) is 32.2 Å². The van der Waals surface area contributed by atoms with E-state index in [4.69, 9.17) is 23.1 Å². The van der Waals surface area contributed by atoms with Gasteiger partial charge in [0.05, 0.1) is 11.7 Å². The van der Waals surface area contributed by atoms with Crippen LogP contribution in [0.2, 0.25) is 5.02 Å². The Morgan fingerprint density at radius 1 is 1.43 bits per heavy atom. The number of halogens is 1. The molecule has 3 aromatic heterocycles. The maximum absolute atomic E-state index is 9.52. The van der Waals surface area contributed by atoms with Gasteiger partial charge in [-0.3, -0.25) is 4.68 Å². The van der Waals surface area contributed by atoms with Crippen LogP contribution in [0, 0.1) is 24.2 Å². The lowest BCUT2D eigenvalue weighted by molar-refractivity contribution is 0.170. The quantitative estimate of drug-likeness (QED) is 0.575. The Morgan fingerprint density at radius 3 is 2.93 bits per heavy atom. The molecule has 28 heavy (non-hydrogen) atoms. The van der Waals surface area contributed by atoms with Crippen LogP contribution in [0.15, 0.2) is 12.3 Å². The predicted molar refractivity (Wildman–Crippen MR) is 107 cm³/mol. The number of nitrogen functional groups attached to an aromatic ring is 1. The first kappa shape index (κ1) is 18.5. The predicted octanol–water partition coefficient (Wildman–Crippen LogP) is 1.91. The third kappa shape index (κ3) is 2.95. The molecule has 4 rings (SSSR count). The molecular formula is C18H22ClN9. The van der Waals surface area contributed by atoms with Crippen molar-refractivity contribution < 1.29 is 0 Å². The minimum Gasteiger partial charge on any atom is -0.382 e. The van der Waals surface area contributed by atoms with Crippen LogP contribution >= 0.6 is 11.6 Å². The molecule has 0 radical (unpaired) electrons. The monoisotopic (exact) mass is 399 g/mol. The molecule has 3 heterocycles. The van der Waals surface area contributed by atoms with Crippen molar-refractivity contribution in [3.8, 4) is 6.07 Å². The van der Waals surface area contributed by atoms with Gasteiger partial charge < -0.3 is 16.8 Å². The third-order valence-electron chi connectivity index (χ3n) is 5.44. The number of rotatable bonds is 6. The molecule has 1 fully saturated rings. The highest BCUT2D eigenvalue weighted by Crippen LogP contribution is 2.38. The first-order valence-corrected chi connectivity index (χ1v) is 9.63. The van der Waals surface area contributed by atoms with Crippen LogP contribution in [0.1, 0.15) is 35.8 Å². The molecule has 0 aliphatic heterocycles. The van der Waals surface area contributed by atoms with Gasteiger partial charge >= 0.3 is 0 Å². The third-order valence-corrected chi connectivity index (χ3v) is 5.88. The van der Waals surface area contributed by atoms with Gasteiger partial charge in [-0.05, 0) is 38.3 Å². The maximum Gasteiger partial charge on any atom is 0.178 e. The molecule has 9 nitrogen and oxygen atoms in total. The summed E-state index contributed by atoms with van der Waals surface area (Å²) in [6.07, 6.45) is 4.81. The van der Waals surface area contributed by atoms with E-state index in [1.165, 1.54) is 4.52 Å². The molecule has 3 aromatic rings. The lowest BCUT2D eigenvalue weighted by Crippen LogP contribution is -2.36. The largest absolute Gasteiger partial charge is 0.382 e. The number of anilines is 2. The number of nitrogens with zero attached hydrogens (tertiary/aromatic N) is 6. The normalized spacial score (nSPS) is 18.8. The summed E-state index contributed by atoms with van der Waals surface area (Å²) >= 11 is 6.27. The number of nitrogens with two attached hydrogens (primary N) is 2. The number of nitriles is 1. The SMILES string of the molecule is Cc1nn2c(N)c(C#N)c(NCCc3ccnn3C3CCC3CN)nc2c1Cl. The maximum atomic E-state index is 9.52. The fourth-order valence-electron chi connectivity index (χ4n) is 3.68. The molecule has 0 bridgehead atoms. The number of hydrogen-bond acceptors (Lipinski definition) is 7. The zero-order chi connectivity index (χ0) is 19.8. The van der Waals surface area contributed by atoms with E-state index in [0.717, 1.165) is 25.0 Å². The number of aryl methyl sites for hydroxylation is 1. The standard InChI is InChI=1S/C18H22ClN9/c1-10-15(19)18-25-17(13(9-21)16(22)28(18)26-10)23-6-4-12-5-7-24-27(12)14-3-2-11(14)8-20/h5,7,11,14H,2-4,6,8,20,22H2,1H3,(H,23,25). The van der Waals surface area contributed by atoms with E-state index >= 15 is 0 Å². The number of hydrogen-bond donors (Lipinski definition) is 3. The van der Waals surface area contributed by atoms with Crippen LogP contribution in [-0.4, -0.2) is 37.5 Å². The fraction of sp³-hybridized carbons (Fsp3) is 0.444. The fourth-order valence-corrected chi connectivity index (χ4v) is 3.84. The minimum atomic E-state index is 0.218. The molecule has 146 valence electrons. The summed E-state index contributed by atoms with van der Waals surface area (Å²) in [4.78, 5) is 4.47. The van der Waals surface area contributed by atoms with Crippen LogP contribution in [0.3, 0.4) is 0 Å². The highest BCUT2D eigenvalue weighted by molar-refractivity contribution is 6.34. The average molecular weight is 400 g/mol. The van der Waals surface area contributed by atoms with Crippen LogP contribution < -0.4 is 16.8 Å². The molecular weight excluding hydrogens is 378 g/mol. The first-order chi connectivity index (χ1) is 13.5. The molecule has 1 aliphatic rings. The van der Waals surface area contributed by atoms with Crippen molar-refractivity contribution in [1.82, 2.24) is 24.4 Å². The lowest BCUT2D eigenvalue weighted by Gasteiger charge is -2.36. The Hall–Kier alpha value is -2.83. The molecule has 2 unspecified atom stereocenters. The molecule has 0 saturated heterocycles. The second kappa shape index (κ2) is 7.30. The van der Waals surface area contributed by atoms with Gasteiger partial charge in [-0.2, -0.15) is 20.0 Å². The van der Waals surface area contributed by atoms with E-state index in [9.17, 15) is 5.26 Å². The number of fused-ring (bicyclic) bond motifs is 1. The van der Waals surface area contributed by atoms with Crippen molar-refractivity contribution in [3.05, 3.63) is 34.2 Å². The molecule has 1 aliphatic carbocycles. The zero-order valence-electron chi connectivity index (χ0n) is 15.6. The van der Waals surface area contributed by atoms with Crippen LogP contribution in [-0.2, 0) is 6.42 Å². The van der Waals surface area contributed by atoms with Gasteiger partial charge in [0.1, 0.15) is 28.3 Å². The highest BCUT2D eigenvalue weighted by atomic mass is 35.5. The molecule has 10 heteroatoms. The smallest absolute Gasteiger partial charge is 0.178 e. The van der Waals surface area contributed by atoms with Gasteiger partial charge in [-0.1, -0.05) is 11.6 Å². The minimum absolute atomic E-state index is 0.218. The summed E-state index contributed by atoms with van der Waals surface area (Å²) in [7, 11) is 0. The van der Waals surface area contributed by atoms with E-state index in [1.54, 1.807) is 6.92 Å². The van der Waals surface area contributed by atoms with E-state index in [-0.39, 0.29) is 11.4 Å². The molecule has 0 amide bonds. The Balaban J connectivity index is 1.53. The van der Waals surface area contributed by atoms with Crippen molar-refractivity contribution in [3.63, 3.8) is 0 Å². The van der Waals surface area contributed by atoms with E-state index in [1.807, 2.05) is 12.3 Å². The topological polar surface area (TPSA) is 136 Å². The van der Waals surface area contributed by atoms with Gasteiger partial charge in [-0.25, -0.2) is 4.98 Å². The van der Waals surface area contributed by atoms with Gasteiger partial charge in [0.2, 0.25) is 0 Å². The molecule has 0 spiro atoms. The molecule has 0 aromatic carbocycles. The van der Waals surface area contributed by atoms with Crippen LogP contribution in [0.4, 0.5) is 11.6 Å². The summed E-state index contributed by atoms with van der Waals surface area (Å²) in [5.74, 6) is 1.12. The second-order valence-electron chi connectivity index (χ2n) is 7.05.